The Bertz CT molecular complexity index is 607. The van der Waals surface area contributed by atoms with Crippen LogP contribution in [0.1, 0.15) is 30.5 Å². The largest absolute Gasteiger partial charge is 0.306 e. The fourth-order valence-corrected chi connectivity index (χ4v) is 3.22. The summed E-state index contributed by atoms with van der Waals surface area (Å²) in [4.78, 5) is 0. The smallest absolute Gasteiger partial charge is 0.0643 e. The number of benzene rings is 2. The van der Waals surface area contributed by atoms with Crippen molar-refractivity contribution >= 4 is 46.4 Å². The zero-order chi connectivity index (χ0) is 15.4. The van der Waals surface area contributed by atoms with E-state index in [9.17, 15) is 0 Å². The molecule has 0 amide bonds. The number of nitrogens with one attached hydrogen (secondary N) is 1. The minimum atomic E-state index is -0.197. The lowest BCUT2D eigenvalue weighted by Gasteiger charge is -2.23. The molecule has 0 aliphatic heterocycles. The Morgan fingerprint density at radius 3 is 2.10 bits per heavy atom. The molecule has 0 aliphatic rings. The molecule has 0 bridgehead atoms. The summed E-state index contributed by atoms with van der Waals surface area (Å²) < 4.78 is 0. The van der Waals surface area contributed by atoms with Crippen LogP contribution in [0.2, 0.25) is 20.1 Å². The maximum atomic E-state index is 6.36. The molecule has 1 N–H and O–H groups in total. The van der Waals surface area contributed by atoms with Gasteiger partial charge in [-0.25, -0.2) is 0 Å². The highest BCUT2D eigenvalue weighted by Crippen LogP contribution is 2.38. The Labute approximate surface area is 145 Å². The minimum absolute atomic E-state index is 0.197. The molecule has 21 heavy (non-hydrogen) atoms. The standard InChI is InChI=1S/C16H15Cl4N/c1-2-9-21-16(10-5-3-8-13(19)15(10)20)14-11(17)6-4-7-12(14)18/h3-8,16,21H,2,9H2,1H3. The second kappa shape index (κ2) is 7.71. The topological polar surface area (TPSA) is 12.0 Å². The van der Waals surface area contributed by atoms with E-state index >= 15 is 0 Å². The normalized spacial score (nSPS) is 12.4. The molecule has 2 rings (SSSR count). The molecular weight excluding hydrogens is 348 g/mol. The average molecular weight is 363 g/mol. The molecule has 112 valence electrons. The van der Waals surface area contributed by atoms with Crippen molar-refractivity contribution in [2.75, 3.05) is 6.54 Å². The predicted octanol–water partition coefficient (Wildman–Crippen LogP) is 6.39. The van der Waals surface area contributed by atoms with E-state index in [0.29, 0.717) is 20.1 Å². The van der Waals surface area contributed by atoms with E-state index in [1.54, 1.807) is 6.07 Å². The Hall–Kier alpha value is -0.440. The van der Waals surface area contributed by atoms with E-state index in [-0.39, 0.29) is 6.04 Å². The Morgan fingerprint density at radius 2 is 1.48 bits per heavy atom. The van der Waals surface area contributed by atoms with Gasteiger partial charge >= 0.3 is 0 Å². The Balaban J connectivity index is 2.55. The fraction of sp³-hybridized carbons (Fsp3) is 0.250. The first-order valence-electron chi connectivity index (χ1n) is 6.67. The molecule has 0 saturated carbocycles. The molecular formula is C16H15Cl4N. The van der Waals surface area contributed by atoms with E-state index in [4.69, 9.17) is 46.4 Å². The van der Waals surface area contributed by atoms with Crippen LogP contribution in [0, 0.1) is 0 Å². The second-order valence-corrected chi connectivity index (χ2v) is 6.27. The van der Waals surface area contributed by atoms with Gasteiger partial charge in [0.05, 0.1) is 16.1 Å². The molecule has 0 aliphatic carbocycles. The average Bonchev–Trinajstić information content (AvgIpc) is 2.45. The molecule has 0 spiro atoms. The van der Waals surface area contributed by atoms with Crippen LogP contribution in [0.4, 0.5) is 0 Å². The fourth-order valence-electron chi connectivity index (χ4n) is 2.19. The highest BCUT2D eigenvalue weighted by Gasteiger charge is 2.22. The van der Waals surface area contributed by atoms with Gasteiger partial charge in [0.25, 0.3) is 0 Å². The van der Waals surface area contributed by atoms with Crippen LogP contribution in [0.25, 0.3) is 0 Å². The molecule has 1 unspecified atom stereocenters. The molecule has 1 atom stereocenters. The first-order chi connectivity index (χ1) is 10.1. The minimum Gasteiger partial charge on any atom is -0.306 e. The lowest BCUT2D eigenvalue weighted by atomic mass is 9.98. The van der Waals surface area contributed by atoms with E-state index in [0.717, 1.165) is 24.1 Å². The van der Waals surface area contributed by atoms with Gasteiger partial charge in [0.2, 0.25) is 0 Å². The van der Waals surface area contributed by atoms with Crippen molar-refractivity contribution in [3.63, 3.8) is 0 Å². The lowest BCUT2D eigenvalue weighted by molar-refractivity contribution is 0.599. The van der Waals surface area contributed by atoms with Crippen molar-refractivity contribution < 1.29 is 0 Å². The van der Waals surface area contributed by atoms with Crippen molar-refractivity contribution in [3.05, 3.63) is 67.6 Å². The molecule has 2 aromatic rings. The van der Waals surface area contributed by atoms with Gasteiger partial charge in [0, 0.05) is 15.6 Å². The zero-order valence-electron chi connectivity index (χ0n) is 11.5. The van der Waals surface area contributed by atoms with Gasteiger partial charge in [-0.1, -0.05) is 71.5 Å². The summed E-state index contributed by atoms with van der Waals surface area (Å²) in [6, 6.07) is 10.8. The number of hydrogen-bond donors (Lipinski definition) is 1. The van der Waals surface area contributed by atoms with Crippen LogP contribution < -0.4 is 5.32 Å². The van der Waals surface area contributed by atoms with Gasteiger partial charge in [0.1, 0.15) is 0 Å². The number of halogens is 4. The Morgan fingerprint density at radius 1 is 0.905 bits per heavy atom. The zero-order valence-corrected chi connectivity index (χ0v) is 14.5. The monoisotopic (exact) mass is 361 g/mol. The third-order valence-electron chi connectivity index (χ3n) is 3.18. The van der Waals surface area contributed by atoms with Crippen molar-refractivity contribution in [2.24, 2.45) is 0 Å². The van der Waals surface area contributed by atoms with Gasteiger partial charge in [0.15, 0.2) is 0 Å². The molecule has 5 heteroatoms. The number of rotatable bonds is 5. The summed E-state index contributed by atoms with van der Waals surface area (Å²) in [6.45, 7) is 2.91. The third kappa shape index (κ3) is 3.85. The molecule has 0 radical (unpaired) electrons. The van der Waals surface area contributed by atoms with Crippen molar-refractivity contribution in [2.45, 2.75) is 19.4 Å². The molecule has 0 saturated heterocycles. The van der Waals surface area contributed by atoms with Gasteiger partial charge in [-0.15, -0.1) is 0 Å². The summed E-state index contributed by atoms with van der Waals surface area (Å²) >= 11 is 25.2. The first kappa shape index (κ1) is 16.9. The summed E-state index contributed by atoms with van der Waals surface area (Å²) in [5.74, 6) is 0. The summed E-state index contributed by atoms with van der Waals surface area (Å²) in [5, 5.41) is 5.68. The molecule has 2 aromatic carbocycles. The van der Waals surface area contributed by atoms with Crippen LogP contribution in [-0.2, 0) is 0 Å². The predicted molar refractivity (Wildman–Crippen MR) is 93.1 cm³/mol. The van der Waals surface area contributed by atoms with Gasteiger partial charge < -0.3 is 5.32 Å². The second-order valence-electron chi connectivity index (χ2n) is 4.67. The molecule has 0 fully saturated rings. The van der Waals surface area contributed by atoms with Crippen LogP contribution >= 0.6 is 46.4 Å². The summed E-state index contributed by atoms with van der Waals surface area (Å²) in [6.07, 6.45) is 0.983. The van der Waals surface area contributed by atoms with Gasteiger partial charge in [-0.3, -0.25) is 0 Å². The summed E-state index contributed by atoms with van der Waals surface area (Å²) in [7, 11) is 0. The maximum absolute atomic E-state index is 6.36. The van der Waals surface area contributed by atoms with Crippen LogP contribution in [0.5, 0.6) is 0 Å². The highest BCUT2D eigenvalue weighted by molar-refractivity contribution is 6.42. The van der Waals surface area contributed by atoms with Crippen LogP contribution in [-0.4, -0.2) is 6.54 Å². The lowest BCUT2D eigenvalue weighted by Crippen LogP contribution is -2.24. The van der Waals surface area contributed by atoms with Crippen molar-refractivity contribution in [1.82, 2.24) is 5.32 Å². The number of hydrogen-bond acceptors (Lipinski definition) is 1. The van der Waals surface area contributed by atoms with Gasteiger partial charge in [-0.2, -0.15) is 0 Å². The van der Waals surface area contributed by atoms with Crippen molar-refractivity contribution in [3.8, 4) is 0 Å². The van der Waals surface area contributed by atoms with E-state index < -0.39 is 0 Å². The van der Waals surface area contributed by atoms with Crippen molar-refractivity contribution in [1.29, 1.82) is 0 Å². The maximum Gasteiger partial charge on any atom is 0.0643 e. The van der Waals surface area contributed by atoms with E-state index in [1.807, 2.05) is 30.3 Å². The molecule has 1 nitrogen and oxygen atoms in total. The molecule has 0 heterocycles. The quantitative estimate of drug-likeness (QED) is 0.649. The van der Waals surface area contributed by atoms with E-state index in [1.165, 1.54) is 0 Å². The molecule has 0 aromatic heterocycles. The van der Waals surface area contributed by atoms with Crippen LogP contribution in [0.3, 0.4) is 0 Å². The summed E-state index contributed by atoms with van der Waals surface area (Å²) in [5.41, 5.74) is 1.69. The van der Waals surface area contributed by atoms with Crippen LogP contribution in [0.15, 0.2) is 36.4 Å². The third-order valence-corrected chi connectivity index (χ3v) is 4.67. The van der Waals surface area contributed by atoms with E-state index in [2.05, 4.69) is 12.2 Å². The SMILES string of the molecule is CCCNC(c1cccc(Cl)c1Cl)c1c(Cl)cccc1Cl. The highest BCUT2D eigenvalue weighted by atomic mass is 35.5. The Kier molecular flexibility index (Phi) is 6.21. The first-order valence-corrected chi connectivity index (χ1v) is 8.18. The van der Waals surface area contributed by atoms with Gasteiger partial charge in [-0.05, 0) is 36.7 Å².